The Balaban J connectivity index is 2.20. The van der Waals surface area contributed by atoms with Crippen molar-refractivity contribution in [2.24, 2.45) is 5.92 Å². The van der Waals surface area contributed by atoms with Crippen LogP contribution < -0.4 is 0 Å². The van der Waals surface area contributed by atoms with Crippen LogP contribution in [0.1, 0.15) is 31.4 Å². The molecule has 0 saturated heterocycles. The molecule has 2 N–H and O–H groups in total. The number of fused-ring (bicyclic) bond motifs is 1. The monoisotopic (exact) mass is 342 g/mol. The van der Waals surface area contributed by atoms with Crippen molar-refractivity contribution in [1.29, 1.82) is 0 Å². The maximum atomic E-state index is 10.6. The van der Waals surface area contributed by atoms with Gasteiger partial charge in [0.25, 0.3) is 0 Å². The first kappa shape index (κ1) is 14.5. The molecule has 102 valence electrons. The lowest BCUT2D eigenvalue weighted by molar-refractivity contribution is -0.138. The maximum Gasteiger partial charge on any atom is 0.303 e. The lowest BCUT2D eigenvalue weighted by Crippen LogP contribution is -2.08. The highest BCUT2D eigenvalue weighted by molar-refractivity contribution is 9.10. The number of aliphatic hydroxyl groups excluding tert-OH is 1. The minimum absolute atomic E-state index is 0.0467. The highest BCUT2D eigenvalue weighted by atomic mass is 79.9. The number of carboxylic acids is 1. The summed E-state index contributed by atoms with van der Waals surface area (Å²) in [4.78, 5) is 10.6. The van der Waals surface area contributed by atoms with Gasteiger partial charge in [-0.05, 0) is 50.7 Å². The number of aliphatic carboxylic acids is 1. The van der Waals surface area contributed by atoms with Gasteiger partial charge in [0, 0.05) is 15.6 Å². The molecule has 2 unspecified atom stereocenters. The summed E-state index contributed by atoms with van der Waals surface area (Å²) in [5.74, 6) is -0.868. The third kappa shape index (κ3) is 3.35. The number of hydrogen-bond donors (Lipinski definition) is 2. The molecule has 0 aliphatic rings. The molecule has 0 spiro atoms. The molecule has 0 saturated carbocycles. The Labute approximate surface area is 124 Å². The van der Waals surface area contributed by atoms with Gasteiger partial charge in [-0.3, -0.25) is 4.79 Å². The molecule has 0 fully saturated rings. The summed E-state index contributed by atoms with van der Waals surface area (Å²) in [5.41, 5.74) is 0.888. The fourth-order valence-electron chi connectivity index (χ4n) is 2.19. The molecule has 2 rings (SSSR count). The number of benzene rings is 1. The van der Waals surface area contributed by atoms with Gasteiger partial charge < -0.3 is 10.2 Å². The molecule has 2 atom stereocenters. The molecule has 0 aliphatic carbocycles. The molecule has 0 amide bonds. The molecular formula is C14H15BrO3S. The normalized spacial score (nSPS) is 14.5. The second kappa shape index (κ2) is 6.03. The van der Waals surface area contributed by atoms with Crippen molar-refractivity contribution in [3.63, 3.8) is 0 Å². The predicted octanol–water partition coefficient (Wildman–Crippen LogP) is 4.20. The highest BCUT2D eigenvalue weighted by Gasteiger charge is 2.18. The molecule has 0 aliphatic heterocycles. The van der Waals surface area contributed by atoms with Crippen LogP contribution in [0.5, 0.6) is 0 Å². The van der Waals surface area contributed by atoms with Crippen molar-refractivity contribution in [3.05, 3.63) is 33.6 Å². The number of aliphatic hydroxyl groups is 1. The second-order valence-corrected chi connectivity index (χ2v) is 6.50. The molecule has 1 aromatic carbocycles. The van der Waals surface area contributed by atoms with Gasteiger partial charge in [-0.25, -0.2) is 0 Å². The van der Waals surface area contributed by atoms with Gasteiger partial charge in [0.2, 0.25) is 0 Å². The van der Waals surface area contributed by atoms with E-state index in [2.05, 4.69) is 15.9 Å². The van der Waals surface area contributed by atoms with Gasteiger partial charge in [0.05, 0.1) is 6.10 Å². The van der Waals surface area contributed by atoms with Crippen LogP contribution in [0.25, 0.3) is 10.1 Å². The van der Waals surface area contributed by atoms with Gasteiger partial charge in [0.1, 0.15) is 0 Å². The van der Waals surface area contributed by atoms with Crippen LogP contribution in [0.3, 0.4) is 0 Å². The zero-order valence-corrected chi connectivity index (χ0v) is 12.9. The first-order chi connectivity index (χ1) is 8.99. The molecule has 2 aromatic rings. The number of halogens is 1. The van der Waals surface area contributed by atoms with E-state index < -0.39 is 12.1 Å². The van der Waals surface area contributed by atoms with Gasteiger partial charge in [-0.15, -0.1) is 11.3 Å². The standard InChI is InChI=1S/C14H15BrO3S/c1-8(6-13(17)18)5-12(16)10-7-19-14-9(10)3-2-4-11(14)15/h2-4,7-8,12,16H,5-6H2,1H3,(H,17,18). The van der Waals surface area contributed by atoms with E-state index in [0.29, 0.717) is 6.42 Å². The van der Waals surface area contributed by atoms with Crippen LogP contribution in [0.15, 0.2) is 28.1 Å². The Kier molecular flexibility index (Phi) is 4.60. The van der Waals surface area contributed by atoms with Crippen LogP contribution >= 0.6 is 27.3 Å². The van der Waals surface area contributed by atoms with Crippen LogP contribution in [0.4, 0.5) is 0 Å². The van der Waals surface area contributed by atoms with Crippen molar-refractivity contribution in [3.8, 4) is 0 Å². The maximum absolute atomic E-state index is 10.6. The van der Waals surface area contributed by atoms with Crippen molar-refractivity contribution < 1.29 is 15.0 Å². The molecule has 1 heterocycles. The first-order valence-electron chi connectivity index (χ1n) is 6.04. The molecule has 1 aromatic heterocycles. The van der Waals surface area contributed by atoms with Crippen molar-refractivity contribution in [2.45, 2.75) is 25.9 Å². The van der Waals surface area contributed by atoms with E-state index in [1.54, 1.807) is 11.3 Å². The van der Waals surface area contributed by atoms with E-state index in [4.69, 9.17) is 5.11 Å². The van der Waals surface area contributed by atoms with Gasteiger partial charge in [-0.1, -0.05) is 19.1 Å². The van der Waals surface area contributed by atoms with Crippen molar-refractivity contribution >= 4 is 43.3 Å². The zero-order valence-electron chi connectivity index (χ0n) is 10.5. The fourth-order valence-corrected chi connectivity index (χ4v) is 3.86. The first-order valence-corrected chi connectivity index (χ1v) is 7.71. The van der Waals surface area contributed by atoms with Crippen LogP contribution in [0, 0.1) is 5.92 Å². The minimum Gasteiger partial charge on any atom is -0.481 e. The largest absolute Gasteiger partial charge is 0.481 e. The summed E-state index contributed by atoms with van der Waals surface area (Å²) in [6.45, 7) is 1.85. The summed E-state index contributed by atoms with van der Waals surface area (Å²) in [6.07, 6.45) is -0.0644. The zero-order chi connectivity index (χ0) is 14.0. The molecular weight excluding hydrogens is 328 g/mol. The van der Waals surface area contributed by atoms with Crippen LogP contribution in [-0.2, 0) is 4.79 Å². The highest BCUT2D eigenvalue weighted by Crippen LogP contribution is 2.37. The summed E-state index contributed by atoms with van der Waals surface area (Å²) < 4.78 is 2.13. The van der Waals surface area contributed by atoms with E-state index in [-0.39, 0.29) is 12.3 Å². The number of thiophene rings is 1. The molecule has 19 heavy (non-hydrogen) atoms. The Hall–Kier alpha value is -0.910. The topological polar surface area (TPSA) is 57.5 Å². The Morgan fingerprint density at radius 1 is 1.47 bits per heavy atom. The Morgan fingerprint density at radius 3 is 2.89 bits per heavy atom. The van der Waals surface area contributed by atoms with Crippen LogP contribution in [0.2, 0.25) is 0 Å². The van der Waals surface area contributed by atoms with Gasteiger partial charge in [-0.2, -0.15) is 0 Å². The van der Waals surface area contributed by atoms with Crippen molar-refractivity contribution in [2.75, 3.05) is 0 Å². The van der Waals surface area contributed by atoms with E-state index in [1.807, 2.05) is 30.5 Å². The van der Waals surface area contributed by atoms with E-state index >= 15 is 0 Å². The third-order valence-corrected chi connectivity index (χ3v) is 5.06. The number of carboxylic acid groups (broad SMARTS) is 1. The SMILES string of the molecule is CC(CC(=O)O)CC(O)c1csc2c(Br)cccc12. The predicted molar refractivity (Wildman–Crippen MR) is 80.5 cm³/mol. The average Bonchev–Trinajstić information content (AvgIpc) is 2.72. The van der Waals surface area contributed by atoms with Gasteiger partial charge >= 0.3 is 5.97 Å². The van der Waals surface area contributed by atoms with Crippen molar-refractivity contribution in [1.82, 2.24) is 0 Å². The minimum atomic E-state index is -0.822. The quantitative estimate of drug-likeness (QED) is 0.856. The Morgan fingerprint density at radius 2 is 2.21 bits per heavy atom. The van der Waals surface area contributed by atoms with E-state index in [1.165, 1.54) is 0 Å². The average molecular weight is 343 g/mol. The van der Waals surface area contributed by atoms with E-state index in [9.17, 15) is 9.90 Å². The molecule has 0 radical (unpaired) electrons. The summed E-state index contributed by atoms with van der Waals surface area (Å²) in [7, 11) is 0. The van der Waals surface area contributed by atoms with Crippen LogP contribution in [-0.4, -0.2) is 16.2 Å². The fraction of sp³-hybridized carbons (Fsp3) is 0.357. The smallest absolute Gasteiger partial charge is 0.303 e. The lowest BCUT2D eigenvalue weighted by Gasteiger charge is -2.14. The molecule has 5 heteroatoms. The van der Waals surface area contributed by atoms with Gasteiger partial charge in [0.15, 0.2) is 0 Å². The Bertz CT molecular complexity index is 593. The molecule has 0 bridgehead atoms. The second-order valence-electron chi connectivity index (χ2n) is 4.76. The third-order valence-electron chi connectivity index (χ3n) is 3.09. The summed E-state index contributed by atoms with van der Waals surface area (Å²) in [6, 6.07) is 5.90. The lowest BCUT2D eigenvalue weighted by atomic mass is 9.95. The summed E-state index contributed by atoms with van der Waals surface area (Å²) in [5, 5.41) is 22.0. The molecule has 3 nitrogen and oxygen atoms in total. The van der Waals surface area contributed by atoms with E-state index in [0.717, 1.165) is 20.1 Å². The summed E-state index contributed by atoms with van der Waals surface area (Å²) >= 11 is 5.08. The number of carbonyl (C=O) groups is 1. The number of hydrogen-bond acceptors (Lipinski definition) is 3. The number of rotatable bonds is 5.